The Labute approximate surface area is 88.0 Å². The van der Waals surface area contributed by atoms with E-state index in [1.165, 1.54) is 25.9 Å². The van der Waals surface area contributed by atoms with Crippen LogP contribution in [-0.4, -0.2) is 28.0 Å². The minimum absolute atomic E-state index is 0.904. The van der Waals surface area contributed by atoms with E-state index in [0.717, 1.165) is 27.7 Å². The van der Waals surface area contributed by atoms with Gasteiger partial charge < -0.3 is 0 Å². The van der Waals surface area contributed by atoms with Crippen LogP contribution in [-0.2, 0) is 0 Å². The van der Waals surface area contributed by atoms with Crippen molar-refractivity contribution in [3.8, 4) is 0 Å². The summed E-state index contributed by atoms with van der Waals surface area (Å²) in [7, 11) is 0. The monoisotopic (exact) mass is 277 g/mol. The zero-order chi connectivity index (χ0) is 8.29. The molecule has 0 aromatic carbocycles. The molecular weight excluding hydrogens is 261 g/mol. The molecule has 4 atom stereocenters. The second-order valence-corrected chi connectivity index (χ2v) is 6.24. The number of fused-ring (bicyclic) bond motifs is 1. The Hall–Kier alpha value is 0.690. The minimum Gasteiger partial charge on any atom is -0.300 e. The average molecular weight is 277 g/mol. The van der Waals surface area contributed by atoms with Gasteiger partial charge in [-0.3, -0.25) is 4.90 Å². The molecule has 3 aliphatic rings. The lowest BCUT2D eigenvalue weighted by Gasteiger charge is -2.25. The molecule has 0 spiro atoms. The molecule has 12 heavy (non-hydrogen) atoms. The quantitative estimate of drug-likeness (QED) is 0.552. The largest absolute Gasteiger partial charge is 0.300 e. The van der Waals surface area contributed by atoms with Gasteiger partial charge in [0.05, 0.1) is 0 Å². The van der Waals surface area contributed by atoms with Gasteiger partial charge in [0.2, 0.25) is 0 Å². The lowest BCUT2D eigenvalue weighted by atomic mass is 10.2. The molecule has 2 heteroatoms. The second kappa shape index (κ2) is 2.59. The third-order valence-electron chi connectivity index (χ3n) is 4.00. The maximum atomic E-state index is 2.74. The van der Waals surface area contributed by atoms with E-state index in [-0.39, 0.29) is 0 Å². The van der Waals surface area contributed by atoms with Crippen LogP contribution in [0.1, 0.15) is 19.8 Å². The summed E-state index contributed by atoms with van der Waals surface area (Å²) in [5.41, 5.74) is 0. The molecule has 1 heterocycles. The lowest BCUT2D eigenvalue weighted by molar-refractivity contribution is 0.214. The predicted octanol–water partition coefficient (Wildman–Crippen LogP) is 2.15. The molecule has 3 fully saturated rings. The van der Waals surface area contributed by atoms with Crippen molar-refractivity contribution in [1.82, 2.24) is 4.90 Å². The summed E-state index contributed by atoms with van der Waals surface area (Å²) in [6.07, 6.45) is 3.00. The van der Waals surface area contributed by atoms with Crippen molar-refractivity contribution in [3.05, 3.63) is 0 Å². The summed E-state index contributed by atoms with van der Waals surface area (Å²) in [4.78, 5) is 2.74. The molecule has 1 nitrogen and oxygen atoms in total. The van der Waals surface area contributed by atoms with Crippen LogP contribution in [0.15, 0.2) is 0 Å². The Balaban J connectivity index is 1.59. The van der Waals surface area contributed by atoms with Crippen molar-refractivity contribution in [2.24, 2.45) is 17.8 Å². The van der Waals surface area contributed by atoms with Crippen LogP contribution >= 0.6 is 22.6 Å². The summed E-state index contributed by atoms with van der Waals surface area (Å²) >= 11 is 2.63. The van der Waals surface area contributed by atoms with Gasteiger partial charge in [0, 0.05) is 23.1 Å². The van der Waals surface area contributed by atoms with Gasteiger partial charge >= 0.3 is 0 Å². The van der Waals surface area contributed by atoms with Gasteiger partial charge in [0.15, 0.2) is 0 Å². The fraction of sp³-hybridized carbons (Fsp3) is 1.00. The van der Waals surface area contributed by atoms with Gasteiger partial charge in [-0.25, -0.2) is 0 Å². The van der Waals surface area contributed by atoms with E-state index in [0.29, 0.717) is 0 Å². The Morgan fingerprint density at radius 3 is 2.33 bits per heavy atom. The van der Waals surface area contributed by atoms with Crippen molar-refractivity contribution in [2.75, 3.05) is 13.1 Å². The number of nitrogens with zero attached hydrogens (tertiary/aromatic N) is 1. The number of rotatable bonds is 2. The molecule has 0 amide bonds. The molecule has 0 radical (unpaired) electrons. The van der Waals surface area contributed by atoms with Gasteiger partial charge in [0.1, 0.15) is 0 Å². The second-order valence-electron chi connectivity index (χ2n) is 4.80. The van der Waals surface area contributed by atoms with E-state index in [9.17, 15) is 0 Å². The highest BCUT2D eigenvalue weighted by molar-refractivity contribution is 14.1. The molecule has 2 aliphatic carbocycles. The Bertz CT molecular complexity index is 190. The first-order valence-corrected chi connectivity index (χ1v) is 6.40. The Kier molecular flexibility index (Phi) is 1.74. The van der Waals surface area contributed by atoms with E-state index < -0.39 is 0 Å². The zero-order valence-electron chi connectivity index (χ0n) is 7.54. The molecule has 68 valence electrons. The Morgan fingerprint density at radius 1 is 1.25 bits per heavy atom. The van der Waals surface area contributed by atoms with E-state index in [4.69, 9.17) is 0 Å². The number of halogens is 1. The summed E-state index contributed by atoms with van der Waals surface area (Å²) in [5.74, 6) is 3.22. The maximum absolute atomic E-state index is 2.74. The highest BCUT2D eigenvalue weighted by atomic mass is 127. The normalized spacial score (nSPS) is 49.0. The van der Waals surface area contributed by atoms with Gasteiger partial charge in [-0.2, -0.15) is 0 Å². The van der Waals surface area contributed by atoms with Crippen LogP contribution in [0.25, 0.3) is 0 Å². The first-order valence-electron chi connectivity index (χ1n) is 5.15. The predicted molar refractivity (Wildman–Crippen MR) is 58.5 cm³/mol. The SMILES string of the molecule is CC(C1CC1)N1C[C@@H]2[C@@H](I)[C@@H]2C1. The van der Waals surface area contributed by atoms with Crippen LogP contribution in [0.3, 0.4) is 0 Å². The molecule has 1 unspecified atom stereocenters. The molecule has 0 aromatic rings. The van der Waals surface area contributed by atoms with Gasteiger partial charge in [0.25, 0.3) is 0 Å². The van der Waals surface area contributed by atoms with Crippen molar-refractivity contribution < 1.29 is 0 Å². The van der Waals surface area contributed by atoms with E-state index in [1.807, 2.05) is 0 Å². The number of piperidine rings is 1. The van der Waals surface area contributed by atoms with Crippen LogP contribution in [0.4, 0.5) is 0 Å². The molecule has 0 aromatic heterocycles. The van der Waals surface area contributed by atoms with Crippen molar-refractivity contribution in [3.63, 3.8) is 0 Å². The molecule has 1 saturated heterocycles. The molecular formula is C10H16IN. The van der Waals surface area contributed by atoms with Crippen LogP contribution in [0, 0.1) is 17.8 Å². The van der Waals surface area contributed by atoms with Crippen LogP contribution in [0.2, 0.25) is 0 Å². The standard InChI is InChI=1S/C10H16IN/c1-6(7-2-3-7)12-4-8-9(5-12)10(8)11/h6-10H,2-5H2,1H3/t6?,8-,9+,10+. The van der Waals surface area contributed by atoms with Crippen molar-refractivity contribution >= 4 is 22.6 Å². The summed E-state index contributed by atoms with van der Waals surface area (Å²) in [5, 5.41) is 0. The zero-order valence-corrected chi connectivity index (χ0v) is 9.70. The summed E-state index contributed by atoms with van der Waals surface area (Å²) in [6.45, 7) is 5.26. The third kappa shape index (κ3) is 1.14. The highest BCUT2D eigenvalue weighted by Gasteiger charge is 2.55. The third-order valence-corrected chi connectivity index (χ3v) is 5.85. The smallest absolute Gasteiger partial charge is 0.0197 e. The summed E-state index contributed by atoms with van der Waals surface area (Å²) in [6, 6.07) is 0.904. The number of hydrogen-bond donors (Lipinski definition) is 0. The van der Waals surface area contributed by atoms with E-state index in [2.05, 4.69) is 34.4 Å². The topological polar surface area (TPSA) is 3.24 Å². The number of likely N-dealkylation sites (tertiary alicyclic amines) is 1. The van der Waals surface area contributed by atoms with Gasteiger partial charge in [-0.05, 0) is 37.5 Å². The molecule has 1 aliphatic heterocycles. The number of hydrogen-bond acceptors (Lipinski definition) is 1. The Morgan fingerprint density at radius 2 is 1.83 bits per heavy atom. The highest BCUT2D eigenvalue weighted by Crippen LogP contribution is 2.52. The first kappa shape index (κ1) is 8.04. The lowest BCUT2D eigenvalue weighted by Crippen LogP contribution is -2.35. The fourth-order valence-corrected chi connectivity index (χ4v) is 3.98. The molecule has 0 N–H and O–H groups in total. The van der Waals surface area contributed by atoms with Crippen LogP contribution < -0.4 is 0 Å². The number of alkyl halides is 1. The average Bonchev–Trinajstić information content (AvgIpc) is 2.94. The molecule has 0 bridgehead atoms. The maximum Gasteiger partial charge on any atom is 0.0197 e. The van der Waals surface area contributed by atoms with Crippen LogP contribution in [0.5, 0.6) is 0 Å². The summed E-state index contributed by atoms with van der Waals surface area (Å²) < 4.78 is 1.03. The van der Waals surface area contributed by atoms with Crippen molar-refractivity contribution in [1.29, 1.82) is 0 Å². The minimum atomic E-state index is 0.904. The van der Waals surface area contributed by atoms with E-state index in [1.54, 1.807) is 0 Å². The molecule has 2 saturated carbocycles. The fourth-order valence-electron chi connectivity index (χ4n) is 2.70. The van der Waals surface area contributed by atoms with Crippen molar-refractivity contribution in [2.45, 2.75) is 29.7 Å². The first-order chi connectivity index (χ1) is 5.77. The molecule has 3 rings (SSSR count). The van der Waals surface area contributed by atoms with Gasteiger partial charge in [-0.15, -0.1) is 0 Å². The van der Waals surface area contributed by atoms with Gasteiger partial charge in [-0.1, -0.05) is 22.6 Å². The van der Waals surface area contributed by atoms with E-state index >= 15 is 0 Å².